The number of halogens is 1. The van der Waals surface area contributed by atoms with E-state index in [1.165, 1.54) is 0 Å². The Labute approximate surface area is 81.1 Å². The van der Waals surface area contributed by atoms with Gasteiger partial charge in [0.1, 0.15) is 0 Å². The maximum atomic E-state index is 10.9. The summed E-state index contributed by atoms with van der Waals surface area (Å²) in [6.07, 6.45) is 5.18. The first kappa shape index (κ1) is 9.78. The van der Waals surface area contributed by atoms with Crippen LogP contribution >= 0.6 is 15.9 Å². The fraction of sp³-hybridized carbons (Fsp3) is 0.667. The molecule has 0 atom stereocenters. The highest BCUT2D eigenvalue weighted by Gasteiger charge is 2.09. The van der Waals surface area contributed by atoms with Gasteiger partial charge in [-0.25, -0.2) is 0 Å². The maximum absolute atomic E-state index is 10.9. The molecule has 0 saturated carbocycles. The molecule has 12 heavy (non-hydrogen) atoms. The Morgan fingerprint density at radius 1 is 1.50 bits per heavy atom. The van der Waals surface area contributed by atoms with Crippen LogP contribution in [0.3, 0.4) is 0 Å². The van der Waals surface area contributed by atoms with Gasteiger partial charge < -0.3 is 4.74 Å². The van der Waals surface area contributed by atoms with Gasteiger partial charge in [-0.2, -0.15) is 0 Å². The van der Waals surface area contributed by atoms with E-state index in [-0.39, 0.29) is 5.78 Å². The largest absolute Gasteiger partial charge is 0.498 e. The molecule has 0 spiro atoms. The van der Waals surface area contributed by atoms with Gasteiger partial charge in [-0.15, -0.1) is 0 Å². The molecule has 68 valence electrons. The number of carbonyl (C=O) groups excluding carboxylic acids is 1. The normalized spacial score (nSPS) is 17.4. The maximum Gasteiger partial charge on any atom is 0.159 e. The topological polar surface area (TPSA) is 26.3 Å². The Bertz CT molecular complexity index is 187. The van der Waals surface area contributed by atoms with Gasteiger partial charge in [0.05, 0.1) is 12.4 Å². The molecular formula is C9H13BrO2. The molecule has 1 aliphatic carbocycles. The van der Waals surface area contributed by atoms with Crippen molar-refractivity contribution >= 4 is 21.7 Å². The van der Waals surface area contributed by atoms with Crippen molar-refractivity contribution in [2.45, 2.75) is 25.7 Å². The molecule has 1 aliphatic rings. The van der Waals surface area contributed by atoms with Crippen molar-refractivity contribution in [2.24, 2.45) is 0 Å². The van der Waals surface area contributed by atoms with Crippen LogP contribution in [0, 0.1) is 0 Å². The van der Waals surface area contributed by atoms with Gasteiger partial charge in [0.2, 0.25) is 0 Å². The van der Waals surface area contributed by atoms with E-state index >= 15 is 0 Å². The molecule has 0 unspecified atom stereocenters. The van der Waals surface area contributed by atoms with Gasteiger partial charge in [-0.1, -0.05) is 15.9 Å². The second-order valence-corrected chi connectivity index (χ2v) is 3.61. The molecule has 0 saturated heterocycles. The molecule has 2 nitrogen and oxygen atoms in total. The zero-order valence-corrected chi connectivity index (χ0v) is 8.60. The van der Waals surface area contributed by atoms with E-state index in [4.69, 9.17) is 4.74 Å². The highest BCUT2D eigenvalue weighted by Crippen LogP contribution is 2.16. The molecule has 0 heterocycles. The molecule has 0 aliphatic heterocycles. The lowest BCUT2D eigenvalue weighted by Gasteiger charge is -2.12. The fourth-order valence-corrected chi connectivity index (χ4v) is 1.36. The number of ketones is 1. The quantitative estimate of drug-likeness (QED) is 0.550. The third kappa shape index (κ3) is 3.39. The third-order valence-electron chi connectivity index (χ3n) is 1.73. The monoisotopic (exact) mass is 232 g/mol. The molecule has 0 N–H and O–H groups in total. The van der Waals surface area contributed by atoms with Crippen molar-refractivity contribution < 1.29 is 9.53 Å². The molecule has 1 rings (SSSR count). The number of ether oxygens (including phenoxy) is 1. The van der Waals surface area contributed by atoms with Crippen LogP contribution in [0.1, 0.15) is 25.7 Å². The summed E-state index contributed by atoms with van der Waals surface area (Å²) in [5.74, 6) is 1.07. The lowest BCUT2D eigenvalue weighted by Crippen LogP contribution is -2.06. The Hall–Kier alpha value is -0.310. The van der Waals surface area contributed by atoms with E-state index in [1.807, 2.05) is 0 Å². The molecule has 3 heteroatoms. The highest BCUT2D eigenvalue weighted by molar-refractivity contribution is 9.09. The smallest absolute Gasteiger partial charge is 0.159 e. The van der Waals surface area contributed by atoms with Gasteiger partial charge in [0.15, 0.2) is 5.78 Å². The number of carbonyl (C=O) groups is 1. The Balaban J connectivity index is 2.26. The Morgan fingerprint density at radius 2 is 2.33 bits per heavy atom. The van der Waals surface area contributed by atoms with Crippen LogP contribution in [0.25, 0.3) is 0 Å². The minimum atomic E-state index is 0.204. The first-order valence-corrected chi connectivity index (χ1v) is 5.37. The second kappa shape index (κ2) is 5.36. The Morgan fingerprint density at radius 3 is 3.00 bits per heavy atom. The number of hydrogen-bond acceptors (Lipinski definition) is 2. The predicted octanol–water partition coefficient (Wildman–Crippen LogP) is 2.42. The summed E-state index contributed by atoms with van der Waals surface area (Å²) in [6, 6.07) is 0. The minimum absolute atomic E-state index is 0.204. The van der Waals surface area contributed by atoms with E-state index in [9.17, 15) is 4.79 Å². The van der Waals surface area contributed by atoms with Gasteiger partial charge >= 0.3 is 0 Å². The highest BCUT2D eigenvalue weighted by atomic mass is 79.9. The summed E-state index contributed by atoms with van der Waals surface area (Å²) in [7, 11) is 0. The first-order valence-electron chi connectivity index (χ1n) is 4.25. The SMILES string of the molecule is O=C1C=C(OCCCBr)CCC1. The van der Waals surface area contributed by atoms with Gasteiger partial charge in [-0.3, -0.25) is 4.79 Å². The van der Waals surface area contributed by atoms with Crippen molar-refractivity contribution in [3.63, 3.8) is 0 Å². The average Bonchev–Trinajstić information content (AvgIpc) is 2.05. The Kier molecular flexibility index (Phi) is 4.36. The molecule has 0 aromatic heterocycles. The van der Waals surface area contributed by atoms with Gasteiger partial charge in [-0.05, 0) is 12.8 Å². The fourth-order valence-electron chi connectivity index (χ4n) is 1.13. The summed E-state index contributed by atoms with van der Waals surface area (Å²) in [5, 5.41) is 0.953. The van der Waals surface area contributed by atoms with Gasteiger partial charge in [0.25, 0.3) is 0 Å². The van der Waals surface area contributed by atoms with E-state index < -0.39 is 0 Å². The average molecular weight is 233 g/mol. The summed E-state index contributed by atoms with van der Waals surface area (Å²) < 4.78 is 5.40. The van der Waals surface area contributed by atoms with E-state index in [1.54, 1.807) is 6.08 Å². The van der Waals surface area contributed by atoms with Crippen LogP contribution in [0.4, 0.5) is 0 Å². The van der Waals surface area contributed by atoms with E-state index in [0.717, 1.165) is 30.4 Å². The van der Waals surface area contributed by atoms with Crippen LogP contribution in [-0.2, 0) is 9.53 Å². The minimum Gasteiger partial charge on any atom is -0.498 e. The first-order chi connectivity index (χ1) is 5.83. The van der Waals surface area contributed by atoms with Crippen molar-refractivity contribution in [2.75, 3.05) is 11.9 Å². The third-order valence-corrected chi connectivity index (χ3v) is 2.29. The summed E-state index contributed by atoms with van der Waals surface area (Å²) in [6.45, 7) is 0.713. The van der Waals surface area contributed by atoms with Crippen molar-refractivity contribution in [3.8, 4) is 0 Å². The molecule has 0 fully saturated rings. The number of rotatable bonds is 4. The van der Waals surface area contributed by atoms with E-state index in [2.05, 4.69) is 15.9 Å². The summed E-state index contributed by atoms with van der Waals surface area (Å²) in [4.78, 5) is 10.9. The predicted molar refractivity (Wildman–Crippen MR) is 51.3 cm³/mol. The zero-order chi connectivity index (χ0) is 8.81. The van der Waals surface area contributed by atoms with E-state index in [0.29, 0.717) is 13.0 Å². The van der Waals surface area contributed by atoms with Crippen LogP contribution in [-0.4, -0.2) is 17.7 Å². The zero-order valence-electron chi connectivity index (χ0n) is 7.01. The van der Waals surface area contributed by atoms with Crippen molar-refractivity contribution in [1.29, 1.82) is 0 Å². The molecular weight excluding hydrogens is 220 g/mol. The van der Waals surface area contributed by atoms with Crippen molar-refractivity contribution in [1.82, 2.24) is 0 Å². The van der Waals surface area contributed by atoms with Crippen molar-refractivity contribution in [3.05, 3.63) is 11.8 Å². The second-order valence-electron chi connectivity index (χ2n) is 2.82. The van der Waals surface area contributed by atoms with Crippen LogP contribution < -0.4 is 0 Å². The standard InChI is InChI=1S/C9H13BrO2/c10-5-2-6-12-9-4-1-3-8(11)7-9/h7H,1-6H2. The summed E-state index contributed by atoms with van der Waals surface area (Å²) in [5.41, 5.74) is 0. The number of hydrogen-bond donors (Lipinski definition) is 0. The number of alkyl halides is 1. The van der Waals surface area contributed by atoms with Crippen LogP contribution in [0.2, 0.25) is 0 Å². The summed E-state index contributed by atoms with van der Waals surface area (Å²) >= 11 is 3.32. The molecule has 0 amide bonds. The van der Waals surface area contributed by atoms with Gasteiger partial charge in [0, 0.05) is 24.2 Å². The lowest BCUT2D eigenvalue weighted by molar-refractivity contribution is -0.115. The molecule has 0 bridgehead atoms. The molecule has 0 aromatic rings. The molecule has 0 aromatic carbocycles. The number of allylic oxidation sites excluding steroid dienone is 2. The molecule has 0 radical (unpaired) electrons. The van der Waals surface area contributed by atoms with Crippen LogP contribution in [0.15, 0.2) is 11.8 Å². The van der Waals surface area contributed by atoms with Crippen LogP contribution in [0.5, 0.6) is 0 Å². The lowest BCUT2D eigenvalue weighted by atomic mass is 10.1.